The number of hydrogen-bond acceptors (Lipinski definition) is 5. The number of carbonyl (C=O) groups is 2. The van der Waals surface area contributed by atoms with Gasteiger partial charge in [-0.3, -0.25) is 4.79 Å². The Bertz CT molecular complexity index is 2020. The van der Waals surface area contributed by atoms with Crippen LogP contribution in [0.5, 0.6) is 0 Å². The van der Waals surface area contributed by atoms with Crippen LogP contribution in [0, 0.1) is 0 Å². The van der Waals surface area contributed by atoms with Gasteiger partial charge in [-0.05, 0) is 24.1 Å². The number of ether oxygens (including phenoxy) is 1. The van der Waals surface area contributed by atoms with Crippen LogP contribution < -0.4 is 10.6 Å². The molecule has 0 saturated carbocycles. The maximum atomic E-state index is 13.3. The van der Waals surface area contributed by atoms with Gasteiger partial charge in [0.05, 0.1) is 36.0 Å². The van der Waals surface area contributed by atoms with E-state index in [1.54, 1.807) is 12.5 Å². The molecule has 0 saturated heterocycles. The molecule has 0 bridgehead atoms. The second-order valence-electron chi connectivity index (χ2n) is 11.1. The summed E-state index contributed by atoms with van der Waals surface area (Å²) in [5.41, 5.74) is 4.12. The topological polar surface area (TPSA) is 115 Å². The summed E-state index contributed by atoms with van der Waals surface area (Å²) >= 11 is 0. The lowest BCUT2D eigenvalue weighted by Gasteiger charge is -2.28. The molecule has 1 atom stereocenters. The van der Waals surface area contributed by atoms with Crippen LogP contribution in [0.15, 0.2) is 67.3 Å². The van der Waals surface area contributed by atoms with Gasteiger partial charge in [-0.2, -0.15) is 0 Å². The zero-order valence-corrected chi connectivity index (χ0v) is 22.3. The summed E-state index contributed by atoms with van der Waals surface area (Å²) in [7, 11) is 0. The molecular weight excluding hydrogens is 520 g/mol. The number of amides is 2. The molecule has 41 heavy (non-hydrogen) atoms. The van der Waals surface area contributed by atoms with Gasteiger partial charge in [0.15, 0.2) is 0 Å². The first-order valence-corrected chi connectivity index (χ1v) is 13.9. The molecule has 0 fully saturated rings. The van der Waals surface area contributed by atoms with Gasteiger partial charge in [0.1, 0.15) is 12.2 Å². The van der Waals surface area contributed by atoms with Gasteiger partial charge in [0, 0.05) is 64.6 Å². The number of para-hydroxylation sites is 2. The van der Waals surface area contributed by atoms with Crippen molar-refractivity contribution < 1.29 is 19.4 Å². The van der Waals surface area contributed by atoms with Gasteiger partial charge in [-0.25, -0.2) is 9.78 Å². The Kier molecular flexibility index (Phi) is 5.17. The molecule has 1 unspecified atom stereocenters. The Labute approximate surface area is 234 Å². The molecule has 0 aliphatic carbocycles. The van der Waals surface area contributed by atoms with E-state index in [4.69, 9.17) is 4.74 Å². The lowest BCUT2D eigenvalue weighted by Crippen LogP contribution is -2.44. The van der Waals surface area contributed by atoms with Crippen LogP contribution in [0.3, 0.4) is 0 Å². The second kappa shape index (κ2) is 8.84. The summed E-state index contributed by atoms with van der Waals surface area (Å²) in [4.78, 5) is 29.9. The predicted octanol–water partition coefficient (Wildman–Crippen LogP) is 3.90. The molecule has 3 aromatic carbocycles. The largest absolute Gasteiger partial charge is 0.446 e. The van der Waals surface area contributed by atoms with Gasteiger partial charge in [-0.15, -0.1) is 0 Å². The average Bonchev–Trinajstić information content (AvgIpc) is 3.75. The van der Waals surface area contributed by atoms with Crippen molar-refractivity contribution in [1.29, 1.82) is 0 Å². The second-order valence-corrected chi connectivity index (χ2v) is 11.1. The fourth-order valence-electron chi connectivity index (χ4n) is 6.80. The highest BCUT2D eigenvalue weighted by Crippen LogP contribution is 2.46. The van der Waals surface area contributed by atoms with E-state index < -0.39 is 11.7 Å². The van der Waals surface area contributed by atoms with Crippen molar-refractivity contribution in [2.24, 2.45) is 0 Å². The minimum absolute atomic E-state index is 0.0748. The molecule has 3 N–H and O–H groups in total. The highest BCUT2D eigenvalue weighted by atomic mass is 16.6. The third-order valence-corrected chi connectivity index (χ3v) is 8.47. The number of alkyl carbamates (subject to hydrolysis) is 1. The zero-order chi connectivity index (χ0) is 27.7. The van der Waals surface area contributed by atoms with Crippen molar-refractivity contribution >= 4 is 55.6 Å². The number of nitrogens with zero attached hydrogens (tertiary/aromatic N) is 4. The van der Waals surface area contributed by atoms with Crippen LogP contribution in [0.2, 0.25) is 0 Å². The Morgan fingerprint density at radius 3 is 2.41 bits per heavy atom. The van der Waals surface area contributed by atoms with E-state index in [-0.39, 0.29) is 25.6 Å². The fraction of sp³-hybridized carbons (Fsp3) is 0.258. The third kappa shape index (κ3) is 3.57. The molecule has 6 aromatic rings. The number of nitrogens with one attached hydrogen (secondary N) is 2. The standard InChI is InChI=1S/C31H28N6O4/c38-29-26-21(14-34-29)24-19-6-1-3-8-22(19)36-15-31(40,17-41-30(39)33-10-5-12-35-13-11-32-18-35)16-37-23-9-4-2-7-20(23)25(26)28(37)27(24)36/h1-4,6-9,11,13,18,40H,5,10,12,14-17H2,(H,33,39)(H,34,38). The number of fused-ring (bicyclic) bond motifs is 9. The van der Waals surface area contributed by atoms with E-state index in [0.29, 0.717) is 18.7 Å². The van der Waals surface area contributed by atoms with Gasteiger partial charge in [0.2, 0.25) is 0 Å². The number of imidazole rings is 1. The van der Waals surface area contributed by atoms with Crippen LogP contribution >= 0.6 is 0 Å². The highest BCUT2D eigenvalue weighted by molar-refractivity contribution is 6.30. The molecular formula is C31H28N6O4. The first-order valence-electron chi connectivity index (χ1n) is 13.9. The molecule has 10 nitrogen and oxygen atoms in total. The molecule has 0 radical (unpaired) electrons. The first kappa shape index (κ1) is 24.0. The van der Waals surface area contributed by atoms with Crippen LogP contribution in [0.1, 0.15) is 22.3 Å². The molecule has 2 aliphatic rings. The summed E-state index contributed by atoms with van der Waals surface area (Å²) in [5.74, 6) is -0.0748. The maximum Gasteiger partial charge on any atom is 0.407 e. The number of hydrogen-bond donors (Lipinski definition) is 3. The predicted molar refractivity (Wildman–Crippen MR) is 155 cm³/mol. The van der Waals surface area contributed by atoms with E-state index in [1.807, 2.05) is 53.2 Å². The van der Waals surface area contributed by atoms with Gasteiger partial charge >= 0.3 is 6.09 Å². The van der Waals surface area contributed by atoms with E-state index in [9.17, 15) is 14.7 Å². The summed E-state index contributed by atoms with van der Waals surface area (Å²) in [6, 6.07) is 16.1. The number of rotatable bonds is 6. The van der Waals surface area contributed by atoms with Crippen molar-refractivity contribution in [3.63, 3.8) is 0 Å². The number of aryl methyl sites for hydroxylation is 1. The van der Waals surface area contributed by atoms with Crippen LogP contribution in [0.4, 0.5) is 4.79 Å². The van der Waals surface area contributed by atoms with Crippen LogP contribution in [-0.2, 0) is 30.9 Å². The lowest BCUT2D eigenvalue weighted by molar-refractivity contribution is -0.0422. The molecule has 2 aliphatic heterocycles. The Morgan fingerprint density at radius 1 is 1.02 bits per heavy atom. The molecule has 5 heterocycles. The summed E-state index contributed by atoms with van der Waals surface area (Å²) in [6.45, 7) is 1.89. The van der Waals surface area contributed by atoms with Crippen molar-refractivity contribution in [1.82, 2.24) is 29.3 Å². The molecule has 2 amide bonds. The van der Waals surface area contributed by atoms with Gasteiger partial charge < -0.3 is 34.2 Å². The summed E-state index contributed by atoms with van der Waals surface area (Å²) < 4.78 is 11.8. The van der Waals surface area contributed by atoms with Crippen molar-refractivity contribution in [3.8, 4) is 0 Å². The molecule has 8 rings (SSSR count). The van der Waals surface area contributed by atoms with Crippen LogP contribution in [-0.4, -0.2) is 54.5 Å². The van der Waals surface area contributed by atoms with Crippen molar-refractivity contribution in [2.45, 2.75) is 38.2 Å². The average molecular weight is 549 g/mol. The maximum absolute atomic E-state index is 13.3. The van der Waals surface area contributed by atoms with Crippen LogP contribution in [0.25, 0.3) is 43.6 Å². The molecule has 10 heteroatoms. The summed E-state index contributed by atoms with van der Waals surface area (Å²) in [6.07, 6.45) is 5.50. The first-order chi connectivity index (χ1) is 20.0. The minimum Gasteiger partial charge on any atom is -0.446 e. The van der Waals surface area contributed by atoms with E-state index in [2.05, 4.69) is 30.8 Å². The molecule has 3 aromatic heterocycles. The SMILES string of the molecule is O=C(NCCCn1ccnc1)OCC1(O)Cn2c3ccccc3c3c4c(c5c6ccccc6n(c5c32)C1)C(=O)NC4. The third-order valence-electron chi connectivity index (χ3n) is 8.47. The molecule has 0 spiro atoms. The monoisotopic (exact) mass is 548 g/mol. The van der Waals surface area contributed by atoms with Crippen molar-refractivity contribution in [2.75, 3.05) is 13.2 Å². The van der Waals surface area contributed by atoms with E-state index in [0.717, 1.165) is 62.1 Å². The Balaban J connectivity index is 1.21. The Hall–Kier alpha value is -4.83. The van der Waals surface area contributed by atoms with E-state index in [1.165, 1.54) is 0 Å². The highest BCUT2D eigenvalue weighted by Gasteiger charge is 2.39. The number of benzene rings is 3. The lowest BCUT2D eigenvalue weighted by atomic mass is 9.97. The van der Waals surface area contributed by atoms with Gasteiger partial charge in [-0.1, -0.05) is 36.4 Å². The number of carbonyl (C=O) groups excluding carboxylic acids is 2. The van der Waals surface area contributed by atoms with E-state index >= 15 is 0 Å². The number of aliphatic hydroxyl groups is 1. The normalized spacial score (nSPS) is 17.9. The van der Waals surface area contributed by atoms with Crippen molar-refractivity contribution in [3.05, 3.63) is 78.4 Å². The Morgan fingerprint density at radius 2 is 1.71 bits per heavy atom. The molecule has 206 valence electrons. The minimum atomic E-state index is -1.40. The quantitative estimate of drug-likeness (QED) is 0.273. The smallest absolute Gasteiger partial charge is 0.407 e. The summed E-state index contributed by atoms with van der Waals surface area (Å²) in [5, 5.41) is 21.9. The number of aromatic nitrogens is 4. The fourth-order valence-corrected chi connectivity index (χ4v) is 6.80. The zero-order valence-electron chi connectivity index (χ0n) is 22.3. The van der Waals surface area contributed by atoms with Gasteiger partial charge in [0.25, 0.3) is 5.91 Å².